The first kappa shape index (κ1) is 14.2. The van der Waals surface area contributed by atoms with Crippen LogP contribution in [0.25, 0.3) is 0 Å². The van der Waals surface area contributed by atoms with E-state index in [1.165, 1.54) is 11.3 Å². The van der Waals surface area contributed by atoms with Crippen molar-refractivity contribution in [1.29, 1.82) is 0 Å². The van der Waals surface area contributed by atoms with Gasteiger partial charge in [0, 0.05) is 58.2 Å². The highest BCUT2D eigenvalue weighted by Crippen LogP contribution is 2.21. The van der Waals surface area contributed by atoms with E-state index in [2.05, 4.69) is 38.1 Å². The average Bonchev–Trinajstić information content (AvgIpc) is 2.93. The lowest BCUT2D eigenvalue weighted by Gasteiger charge is -2.38. The van der Waals surface area contributed by atoms with Crippen LogP contribution in [-0.4, -0.2) is 56.0 Å². The van der Waals surface area contributed by atoms with Gasteiger partial charge in [-0.2, -0.15) is 0 Å². The van der Waals surface area contributed by atoms with E-state index in [1.807, 2.05) is 36.4 Å². The van der Waals surface area contributed by atoms with E-state index < -0.39 is 0 Å². The van der Waals surface area contributed by atoms with Gasteiger partial charge >= 0.3 is 0 Å². The molecule has 0 bridgehead atoms. The molecule has 0 aromatic carbocycles. The van der Waals surface area contributed by atoms with Gasteiger partial charge in [0.15, 0.2) is 0 Å². The molecule has 0 N–H and O–H groups in total. The highest BCUT2D eigenvalue weighted by Gasteiger charge is 2.22. The molecule has 3 heterocycles. The molecule has 1 aliphatic heterocycles. The molecule has 2 aromatic rings. The van der Waals surface area contributed by atoms with E-state index >= 15 is 0 Å². The van der Waals surface area contributed by atoms with Crippen LogP contribution in [0.3, 0.4) is 0 Å². The Morgan fingerprint density at radius 3 is 2.62 bits per heavy atom. The fourth-order valence-electron chi connectivity index (χ4n) is 2.83. The van der Waals surface area contributed by atoms with Gasteiger partial charge in [-0.3, -0.25) is 19.5 Å². The molecule has 1 unspecified atom stereocenters. The predicted octanol–water partition coefficient (Wildman–Crippen LogP) is 1.09. The standard InChI is InChI=1S/C15H22N6/c1-13(14-4-3-5-16-10-14)21-8-6-20(7-9-21)12-15-11-17-18-19(15)2/h3-5,10-11,13H,6-9,12H2,1-2H3. The first-order valence-corrected chi connectivity index (χ1v) is 7.44. The smallest absolute Gasteiger partial charge is 0.0738 e. The van der Waals surface area contributed by atoms with Gasteiger partial charge in [0.1, 0.15) is 0 Å². The van der Waals surface area contributed by atoms with Gasteiger partial charge in [0.05, 0.1) is 11.9 Å². The fraction of sp³-hybridized carbons (Fsp3) is 0.533. The number of aryl methyl sites for hydroxylation is 1. The molecule has 6 heteroatoms. The van der Waals surface area contributed by atoms with Crippen molar-refractivity contribution in [2.75, 3.05) is 26.2 Å². The Hall–Kier alpha value is -1.79. The van der Waals surface area contributed by atoms with Crippen molar-refractivity contribution in [2.24, 2.45) is 7.05 Å². The molecule has 0 radical (unpaired) electrons. The van der Waals surface area contributed by atoms with Crippen molar-refractivity contribution in [1.82, 2.24) is 29.8 Å². The maximum absolute atomic E-state index is 4.22. The van der Waals surface area contributed by atoms with E-state index in [-0.39, 0.29) is 0 Å². The number of pyridine rings is 1. The number of piperazine rings is 1. The Balaban J connectivity index is 1.54. The average molecular weight is 286 g/mol. The van der Waals surface area contributed by atoms with Crippen LogP contribution >= 0.6 is 0 Å². The second-order valence-electron chi connectivity index (χ2n) is 5.62. The third-order valence-electron chi connectivity index (χ3n) is 4.32. The van der Waals surface area contributed by atoms with Crippen molar-refractivity contribution in [3.05, 3.63) is 42.0 Å². The van der Waals surface area contributed by atoms with Crippen molar-refractivity contribution in [3.8, 4) is 0 Å². The molecule has 6 nitrogen and oxygen atoms in total. The van der Waals surface area contributed by atoms with Crippen LogP contribution in [0.5, 0.6) is 0 Å². The summed E-state index contributed by atoms with van der Waals surface area (Å²) in [6.07, 6.45) is 5.65. The summed E-state index contributed by atoms with van der Waals surface area (Å²) in [7, 11) is 1.95. The van der Waals surface area contributed by atoms with Crippen molar-refractivity contribution in [2.45, 2.75) is 19.5 Å². The molecule has 1 aliphatic rings. The molecule has 1 atom stereocenters. The Morgan fingerprint density at radius 1 is 1.19 bits per heavy atom. The number of nitrogens with zero attached hydrogens (tertiary/aromatic N) is 6. The zero-order valence-corrected chi connectivity index (χ0v) is 12.7. The molecule has 0 amide bonds. The van der Waals surface area contributed by atoms with Gasteiger partial charge in [-0.15, -0.1) is 5.10 Å². The van der Waals surface area contributed by atoms with Gasteiger partial charge in [0.25, 0.3) is 0 Å². The number of rotatable bonds is 4. The molecule has 2 aromatic heterocycles. The number of aromatic nitrogens is 4. The molecular formula is C15H22N6. The molecule has 0 saturated carbocycles. The van der Waals surface area contributed by atoms with E-state index in [4.69, 9.17) is 0 Å². The first-order chi connectivity index (χ1) is 10.2. The van der Waals surface area contributed by atoms with Crippen LogP contribution in [0, 0.1) is 0 Å². The minimum atomic E-state index is 0.430. The monoisotopic (exact) mass is 286 g/mol. The molecule has 21 heavy (non-hydrogen) atoms. The normalized spacial score (nSPS) is 18.8. The summed E-state index contributed by atoms with van der Waals surface area (Å²) >= 11 is 0. The van der Waals surface area contributed by atoms with Gasteiger partial charge in [-0.05, 0) is 18.6 Å². The Labute approximate surface area is 125 Å². The minimum absolute atomic E-state index is 0.430. The van der Waals surface area contributed by atoms with Crippen LogP contribution in [0.2, 0.25) is 0 Å². The molecular weight excluding hydrogens is 264 g/mol. The summed E-state index contributed by atoms with van der Waals surface area (Å²) in [6, 6.07) is 4.60. The lowest BCUT2D eigenvalue weighted by Crippen LogP contribution is -2.46. The summed E-state index contributed by atoms with van der Waals surface area (Å²) in [5, 5.41) is 7.93. The topological polar surface area (TPSA) is 50.1 Å². The van der Waals surface area contributed by atoms with E-state index in [9.17, 15) is 0 Å². The van der Waals surface area contributed by atoms with E-state index in [0.717, 1.165) is 32.7 Å². The Bertz CT molecular complexity index is 559. The highest BCUT2D eigenvalue weighted by atomic mass is 15.4. The van der Waals surface area contributed by atoms with Crippen molar-refractivity contribution < 1.29 is 0 Å². The summed E-state index contributed by atoms with van der Waals surface area (Å²) in [4.78, 5) is 9.21. The SMILES string of the molecule is CC(c1cccnc1)N1CCN(Cc2cnnn2C)CC1. The Kier molecular flexibility index (Phi) is 4.26. The largest absolute Gasteiger partial charge is 0.295 e. The third kappa shape index (κ3) is 3.28. The van der Waals surface area contributed by atoms with Crippen LogP contribution in [0.15, 0.2) is 30.7 Å². The maximum atomic E-state index is 4.22. The Morgan fingerprint density at radius 2 is 2.00 bits per heavy atom. The molecule has 1 fully saturated rings. The second kappa shape index (κ2) is 6.32. The molecule has 1 saturated heterocycles. The summed E-state index contributed by atoms with van der Waals surface area (Å²) in [5.41, 5.74) is 2.46. The maximum Gasteiger partial charge on any atom is 0.0738 e. The number of hydrogen-bond donors (Lipinski definition) is 0. The van der Waals surface area contributed by atoms with Crippen LogP contribution in [-0.2, 0) is 13.6 Å². The van der Waals surface area contributed by atoms with E-state index in [1.54, 1.807) is 0 Å². The highest BCUT2D eigenvalue weighted by molar-refractivity contribution is 5.13. The van der Waals surface area contributed by atoms with Crippen LogP contribution < -0.4 is 0 Å². The van der Waals surface area contributed by atoms with E-state index in [0.29, 0.717) is 6.04 Å². The predicted molar refractivity (Wildman–Crippen MR) is 80.5 cm³/mol. The van der Waals surface area contributed by atoms with Crippen molar-refractivity contribution in [3.63, 3.8) is 0 Å². The lowest BCUT2D eigenvalue weighted by molar-refractivity contribution is 0.0962. The fourth-order valence-corrected chi connectivity index (χ4v) is 2.83. The first-order valence-electron chi connectivity index (χ1n) is 7.44. The van der Waals surface area contributed by atoms with Gasteiger partial charge in [-0.1, -0.05) is 11.3 Å². The van der Waals surface area contributed by atoms with Gasteiger partial charge in [-0.25, -0.2) is 0 Å². The third-order valence-corrected chi connectivity index (χ3v) is 4.32. The number of hydrogen-bond acceptors (Lipinski definition) is 5. The van der Waals surface area contributed by atoms with Gasteiger partial charge in [0.2, 0.25) is 0 Å². The zero-order valence-electron chi connectivity index (χ0n) is 12.7. The summed E-state index contributed by atoms with van der Waals surface area (Å²) in [5.74, 6) is 0. The minimum Gasteiger partial charge on any atom is -0.295 e. The van der Waals surface area contributed by atoms with Crippen LogP contribution in [0.1, 0.15) is 24.2 Å². The molecule has 0 aliphatic carbocycles. The second-order valence-corrected chi connectivity index (χ2v) is 5.62. The summed E-state index contributed by atoms with van der Waals surface area (Å²) in [6.45, 7) is 7.52. The van der Waals surface area contributed by atoms with Crippen molar-refractivity contribution >= 4 is 0 Å². The quantitative estimate of drug-likeness (QED) is 0.842. The molecule has 3 rings (SSSR count). The zero-order chi connectivity index (χ0) is 14.7. The molecule has 112 valence electrons. The van der Waals surface area contributed by atoms with Crippen LogP contribution in [0.4, 0.5) is 0 Å². The summed E-state index contributed by atoms with van der Waals surface area (Å²) < 4.78 is 1.85. The van der Waals surface area contributed by atoms with Gasteiger partial charge < -0.3 is 0 Å². The molecule has 0 spiro atoms. The lowest BCUT2D eigenvalue weighted by atomic mass is 10.1.